The molecule has 0 saturated heterocycles. The van der Waals surface area contributed by atoms with Crippen LogP contribution in [0.25, 0.3) is 11.4 Å². The largest absolute Gasteiger partial charge is 0.347 e. The van der Waals surface area contributed by atoms with E-state index >= 15 is 0 Å². The summed E-state index contributed by atoms with van der Waals surface area (Å²) in [4.78, 5) is 34.4. The summed E-state index contributed by atoms with van der Waals surface area (Å²) in [5.74, 6) is -1.29. The van der Waals surface area contributed by atoms with Gasteiger partial charge in [-0.25, -0.2) is 18.7 Å². The molecule has 0 bridgehead atoms. The first-order chi connectivity index (χ1) is 20.4. The average molecular weight is 567 g/mol. The number of tetrazole rings is 1. The second-order valence-corrected chi connectivity index (χ2v) is 9.95. The summed E-state index contributed by atoms with van der Waals surface area (Å²) in [7, 11) is 0. The topological polar surface area (TPSA) is 138 Å². The Morgan fingerprint density at radius 3 is 2.38 bits per heavy atom. The van der Waals surface area contributed by atoms with Crippen molar-refractivity contribution in [3.63, 3.8) is 0 Å². The summed E-state index contributed by atoms with van der Waals surface area (Å²) < 4.78 is 27.8. The van der Waals surface area contributed by atoms with Crippen molar-refractivity contribution in [3.8, 4) is 11.4 Å². The van der Waals surface area contributed by atoms with Crippen molar-refractivity contribution in [3.05, 3.63) is 123 Å². The first-order valence-electron chi connectivity index (χ1n) is 13.2. The van der Waals surface area contributed by atoms with Gasteiger partial charge in [-0.2, -0.15) is 5.21 Å². The van der Waals surface area contributed by atoms with Crippen molar-refractivity contribution >= 4 is 11.8 Å². The number of aromatic nitrogens is 6. The minimum absolute atomic E-state index is 0.00229. The van der Waals surface area contributed by atoms with E-state index in [9.17, 15) is 18.4 Å². The van der Waals surface area contributed by atoms with Crippen LogP contribution in [0.2, 0.25) is 0 Å². The summed E-state index contributed by atoms with van der Waals surface area (Å²) in [5.41, 5.74) is 5.26. The Balaban J connectivity index is 1.26. The van der Waals surface area contributed by atoms with Crippen molar-refractivity contribution in [1.82, 2.24) is 41.2 Å². The molecule has 42 heavy (non-hydrogen) atoms. The molecule has 2 aromatic heterocycles. The number of hydrogen-bond acceptors (Lipinski definition) is 7. The Morgan fingerprint density at radius 2 is 1.64 bits per heavy atom. The fourth-order valence-electron chi connectivity index (χ4n) is 5.09. The van der Waals surface area contributed by atoms with Crippen molar-refractivity contribution in [2.24, 2.45) is 0 Å². The molecule has 0 spiro atoms. The van der Waals surface area contributed by atoms with Crippen LogP contribution >= 0.6 is 0 Å². The number of nitrogens with one attached hydrogen (secondary N) is 3. The third kappa shape index (κ3) is 5.46. The Morgan fingerprint density at radius 1 is 0.905 bits per heavy atom. The lowest BCUT2D eigenvalue weighted by molar-refractivity contribution is 0.0937. The molecule has 1 atom stereocenters. The molecule has 0 radical (unpaired) electrons. The second kappa shape index (κ2) is 11.2. The average Bonchev–Trinajstić information content (AvgIpc) is 3.50. The lowest BCUT2D eigenvalue weighted by Gasteiger charge is -2.22. The highest BCUT2D eigenvalue weighted by Gasteiger charge is 2.27. The predicted molar refractivity (Wildman–Crippen MR) is 147 cm³/mol. The third-order valence-electron chi connectivity index (χ3n) is 7.22. The molecule has 12 heteroatoms. The van der Waals surface area contributed by atoms with E-state index < -0.39 is 17.9 Å². The number of carbonyl (C=O) groups is 2. The van der Waals surface area contributed by atoms with Crippen LogP contribution in [-0.4, -0.2) is 42.4 Å². The van der Waals surface area contributed by atoms with Crippen LogP contribution in [0.3, 0.4) is 0 Å². The fraction of sp³-hybridized carbons (Fsp3) is 0.167. The van der Waals surface area contributed by atoms with Crippen LogP contribution in [0.15, 0.2) is 67.0 Å². The number of benzene rings is 3. The van der Waals surface area contributed by atoms with Crippen molar-refractivity contribution in [2.45, 2.75) is 32.4 Å². The minimum atomic E-state index is -0.612. The Hall–Kier alpha value is -5.39. The lowest BCUT2D eigenvalue weighted by atomic mass is 9.93. The Bertz CT molecular complexity index is 1810. The van der Waals surface area contributed by atoms with Gasteiger partial charge in [0.05, 0.1) is 6.04 Å². The molecule has 0 aliphatic heterocycles. The highest BCUT2D eigenvalue weighted by molar-refractivity contribution is 5.97. The first kappa shape index (κ1) is 26.8. The number of rotatable bonds is 6. The van der Waals surface area contributed by atoms with E-state index in [1.807, 2.05) is 18.2 Å². The number of nitrogens with zero attached hydrogens (tertiary/aromatic N) is 5. The van der Waals surface area contributed by atoms with E-state index in [1.165, 1.54) is 24.3 Å². The number of carbonyl (C=O) groups excluding carboxylic acids is 2. The summed E-state index contributed by atoms with van der Waals surface area (Å²) in [5, 5.41) is 19.9. The van der Waals surface area contributed by atoms with Crippen molar-refractivity contribution in [1.29, 1.82) is 0 Å². The number of H-pyrrole nitrogens is 1. The van der Waals surface area contributed by atoms with Crippen molar-refractivity contribution in [2.75, 3.05) is 0 Å². The normalized spacial score (nSPS) is 13.9. The Labute approximate surface area is 238 Å². The molecule has 1 aliphatic carbocycles. The highest BCUT2D eigenvalue weighted by Crippen LogP contribution is 2.35. The molecular weight excluding hydrogens is 542 g/mol. The van der Waals surface area contributed by atoms with Gasteiger partial charge < -0.3 is 10.6 Å². The molecule has 2 amide bonds. The van der Waals surface area contributed by atoms with Gasteiger partial charge >= 0.3 is 0 Å². The SMILES string of the molecule is Cc1cc(CNC(=O)c2cc(C(=O)NC3c4ccc(F)cc4CCc4cc(-c5nn[nH]n5)ccc43)ncn2)ccc1F. The molecule has 0 saturated carbocycles. The van der Waals surface area contributed by atoms with Gasteiger partial charge in [0.2, 0.25) is 5.82 Å². The van der Waals surface area contributed by atoms with Gasteiger partial charge in [-0.15, -0.1) is 10.2 Å². The number of fused-ring (bicyclic) bond motifs is 2. The number of aryl methyl sites for hydroxylation is 3. The van der Waals surface area contributed by atoms with Gasteiger partial charge in [0.25, 0.3) is 11.8 Å². The standard InChI is InChI=1S/C30H24F2N8O2/c1-16-10-17(2-9-24(16)32)14-33-29(41)25-13-26(35-15-34-25)30(42)36-27-22-7-5-20(28-37-39-40-38-28)11-18(22)3-4-19-12-21(31)6-8-23(19)27/h2,5-13,15,27H,3-4,14H2,1H3,(H,33,41)(H,36,42)(H,37,38,39,40). The predicted octanol–water partition coefficient (Wildman–Crippen LogP) is 3.79. The molecule has 210 valence electrons. The molecule has 6 rings (SSSR count). The molecule has 3 N–H and O–H groups in total. The van der Waals surface area contributed by atoms with Crippen molar-refractivity contribution < 1.29 is 18.4 Å². The molecule has 5 aromatic rings. The van der Waals surface area contributed by atoms with E-state index in [0.717, 1.165) is 39.7 Å². The van der Waals surface area contributed by atoms with Crippen LogP contribution in [-0.2, 0) is 19.4 Å². The van der Waals surface area contributed by atoms with Gasteiger partial charge in [0.15, 0.2) is 0 Å². The monoisotopic (exact) mass is 566 g/mol. The van der Waals surface area contributed by atoms with E-state index in [4.69, 9.17) is 0 Å². The van der Waals surface area contributed by atoms with Crippen LogP contribution in [0.5, 0.6) is 0 Å². The number of hydrogen-bond donors (Lipinski definition) is 3. The zero-order valence-corrected chi connectivity index (χ0v) is 22.4. The summed E-state index contributed by atoms with van der Waals surface area (Å²) in [6.07, 6.45) is 2.32. The zero-order valence-electron chi connectivity index (χ0n) is 22.4. The van der Waals surface area contributed by atoms with E-state index in [1.54, 1.807) is 25.1 Å². The van der Waals surface area contributed by atoms with Gasteiger partial charge in [-0.05, 0) is 82.6 Å². The van der Waals surface area contributed by atoms with E-state index in [-0.39, 0.29) is 29.6 Å². The van der Waals surface area contributed by atoms with Crippen LogP contribution in [0, 0.1) is 18.6 Å². The van der Waals surface area contributed by atoms with Crippen LogP contribution in [0.1, 0.15) is 60.4 Å². The molecular formula is C30H24F2N8O2. The third-order valence-corrected chi connectivity index (χ3v) is 7.22. The van der Waals surface area contributed by atoms with E-state index in [2.05, 4.69) is 41.2 Å². The van der Waals surface area contributed by atoms with E-state index in [0.29, 0.717) is 24.2 Å². The minimum Gasteiger partial charge on any atom is -0.347 e. The molecule has 2 heterocycles. The summed E-state index contributed by atoms with van der Waals surface area (Å²) >= 11 is 0. The fourth-order valence-corrected chi connectivity index (χ4v) is 5.09. The highest BCUT2D eigenvalue weighted by atomic mass is 19.1. The maximum Gasteiger partial charge on any atom is 0.270 e. The number of amides is 2. The molecule has 1 aliphatic rings. The lowest BCUT2D eigenvalue weighted by Crippen LogP contribution is -2.31. The van der Waals surface area contributed by atoms with Gasteiger partial charge in [-0.1, -0.05) is 30.3 Å². The first-order valence-corrected chi connectivity index (χ1v) is 13.2. The summed E-state index contributed by atoms with van der Waals surface area (Å²) in [6.45, 7) is 1.80. The smallest absolute Gasteiger partial charge is 0.270 e. The molecule has 1 unspecified atom stereocenters. The van der Waals surface area contributed by atoms with Crippen LogP contribution < -0.4 is 10.6 Å². The second-order valence-electron chi connectivity index (χ2n) is 9.95. The summed E-state index contributed by atoms with van der Waals surface area (Å²) in [6, 6.07) is 15.5. The number of aromatic amines is 1. The van der Waals surface area contributed by atoms with Gasteiger partial charge in [0, 0.05) is 18.2 Å². The molecule has 0 fully saturated rings. The maximum atomic E-state index is 14.2. The van der Waals surface area contributed by atoms with Gasteiger partial charge in [0.1, 0.15) is 29.3 Å². The van der Waals surface area contributed by atoms with Crippen LogP contribution in [0.4, 0.5) is 8.78 Å². The quantitative estimate of drug-likeness (QED) is 0.284. The zero-order chi connectivity index (χ0) is 29.2. The maximum absolute atomic E-state index is 14.2. The molecule has 3 aromatic carbocycles. The molecule has 10 nitrogen and oxygen atoms in total. The Kier molecular flexibility index (Phi) is 7.17. The van der Waals surface area contributed by atoms with Gasteiger partial charge in [-0.3, -0.25) is 9.59 Å². The number of halogens is 2.